The number of hydrogen-bond donors (Lipinski definition) is 1. The van der Waals surface area contributed by atoms with Crippen LogP contribution >= 0.6 is 0 Å². The van der Waals surface area contributed by atoms with Crippen molar-refractivity contribution in [3.8, 4) is 5.75 Å². The van der Waals surface area contributed by atoms with E-state index in [0.717, 1.165) is 29.7 Å². The molecule has 0 saturated carbocycles. The van der Waals surface area contributed by atoms with Crippen LogP contribution in [-0.2, 0) is 16.0 Å². The van der Waals surface area contributed by atoms with Crippen LogP contribution in [0.4, 0.5) is 0 Å². The van der Waals surface area contributed by atoms with Crippen LogP contribution in [0.1, 0.15) is 42.5 Å². The Balaban J connectivity index is 1.70. The molecule has 0 bridgehead atoms. The fourth-order valence-corrected chi connectivity index (χ4v) is 4.18. The van der Waals surface area contributed by atoms with Gasteiger partial charge in [-0.15, -0.1) is 0 Å². The van der Waals surface area contributed by atoms with Gasteiger partial charge >= 0.3 is 0 Å². The molecule has 0 radical (unpaired) electrons. The number of hydrogen-bond acceptors (Lipinski definition) is 4. The fourth-order valence-electron chi connectivity index (χ4n) is 4.18. The van der Waals surface area contributed by atoms with E-state index in [4.69, 9.17) is 4.74 Å². The number of aliphatic hydroxyl groups excluding tert-OH is 1. The lowest BCUT2D eigenvalue weighted by atomic mass is 9.95. The normalized spacial score (nSPS) is 17.2. The summed E-state index contributed by atoms with van der Waals surface area (Å²) in [6.45, 7) is 3.11. The summed E-state index contributed by atoms with van der Waals surface area (Å²) in [6, 6.07) is 25.5. The molecule has 34 heavy (non-hydrogen) atoms. The molecule has 1 fully saturated rings. The molecule has 1 unspecified atom stereocenters. The molecule has 3 aromatic carbocycles. The average Bonchev–Trinajstić information content (AvgIpc) is 3.13. The zero-order valence-electron chi connectivity index (χ0n) is 19.3. The number of carbonyl (C=O) groups excluding carboxylic acids is 2. The fraction of sp³-hybridized carbons (Fsp3) is 0.241. The number of aliphatic hydroxyl groups is 1. The molecule has 1 heterocycles. The van der Waals surface area contributed by atoms with Gasteiger partial charge in [0.2, 0.25) is 0 Å². The Hall–Kier alpha value is -3.86. The third-order valence-electron chi connectivity index (χ3n) is 6.03. The van der Waals surface area contributed by atoms with E-state index in [2.05, 4.69) is 6.92 Å². The SMILES string of the molecule is CCCCOc1ccc(C2C(=C(O)c3ccccc3)C(=O)C(=O)N2CCc2ccccc2)cc1. The highest BCUT2D eigenvalue weighted by Gasteiger charge is 2.45. The van der Waals surface area contributed by atoms with Gasteiger partial charge in [-0.2, -0.15) is 0 Å². The Labute approximate surface area is 200 Å². The smallest absolute Gasteiger partial charge is 0.295 e. The first-order valence-corrected chi connectivity index (χ1v) is 11.7. The lowest BCUT2D eigenvalue weighted by Crippen LogP contribution is -2.31. The highest BCUT2D eigenvalue weighted by atomic mass is 16.5. The largest absolute Gasteiger partial charge is 0.507 e. The van der Waals surface area contributed by atoms with Gasteiger partial charge in [0, 0.05) is 12.1 Å². The van der Waals surface area contributed by atoms with Gasteiger partial charge in [-0.3, -0.25) is 9.59 Å². The van der Waals surface area contributed by atoms with Crippen molar-refractivity contribution in [2.24, 2.45) is 0 Å². The van der Waals surface area contributed by atoms with E-state index in [-0.39, 0.29) is 11.3 Å². The lowest BCUT2D eigenvalue weighted by Gasteiger charge is -2.25. The van der Waals surface area contributed by atoms with Crippen molar-refractivity contribution in [1.29, 1.82) is 0 Å². The summed E-state index contributed by atoms with van der Waals surface area (Å²) in [4.78, 5) is 27.8. The van der Waals surface area contributed by atoms with Gasteiger partial charge in [0.15, 0.2) is 0 Å². The van der Waals surface area contributed by atoms with Crippen LogP contribution in [0.25, 0.3) is 5.76 Å². The van der Waals surface area contributed by atoms with Crippen molar-refractivity contribution in [1.82, 2.24) is 4.90 Å². The summed E-state index contributed by atoms with van der Waals surface area (Å²) in [5.74, 6) is -0.680. The van der Waals surface area contributed by atoms with Crippen LogP contribution in [-0.4, -0.2) is 34.8 Å². The summed E-state index contributed by atoms with van der Waals surface area (Å²) < 4.78 is 5.77. The molecule has 1 aliphatic rings. The van der Waals surface area contributed by atoms with Crippen molar-refractivity contribution in [2.75, 3.05) is 13.2 Å². The molecule has 5 heteroatoms. The van der Waals surface area contributed by atoms with Crippen LogP contribution in [0, 0.1) is 0 Å². The zero-order valence-corrected chi connectivity index (χ0v) is 19.3. The summed E-state index contributed by atoms with van der Waals surface area (Å²) >= 11 is 0. The molecular formula is C29H29NO4. The lowest BCUT2D eigenvalue weighted by molar-refractivity contribution is -0.139. The van der Waals surface area contributed by atoms with Gasteiger partial charge < -0.3 is 14.7 Å². The number of rotatable bonds is 9. The molecule has 5 nitrogen and oxygen atoms in total. The van der Waals surface area contributed by atoms with Gasteiger partial charge in [0.05, 0.1) is 18.2 Å². The zero-order chi connectivity index (χ0) is 23.9. The Bertz CT molecular complexity index is 1150. The van der Waals surface area contributed by atoms with E-state index >= 15 is 0 Å². The van der Waals surface area contributed by atoms with E-state index in [1.165, 1.54) is 0 Å². The van der Waals surface area contributed by atoms with Crippen molar-refractivity contribution in [2.45, 2.75) is 32.2 Å². The summed E-state index contributed by atoms with van der Waals surface area (Å²) in [5.41, 5.74) is 2.45. The number of ether oxygens (including phenoxy) is 1. The van der Waals surface area contributed by atoms with Gasteiger partial charge in [-0.25, -0.2) is 0 Å². The highest BCUT2D eigenvalue weighted by Crippen LogP contribution is 2.39. The second-order valence-electron chi connectivity index (χ2n) is 8.37. The predicted molar refractivity (Wildman–Crippen MR) is 132 cm³/mol. The number of ketones is 1. The molecule has 1 aliphatic heterocycles. The molecule has 0 aliphatic carbocycles. The molecule has 174 valence electrons. The molecule has 1 amide bonds. The standard InChI is InChI=1S/C29H29NO4/c1-2-3-20-34-24-16-14-22(15-17-24)26-25(27(31)23-12-8-5-9-13-23)28(32)29(33)30(26)19-18-21-10-6-4-7-11-21/h4-17,26,31H,2-3,18-20H2,1H3. The number of amides is 1. The molecule has 0 spiro atoms. The van der Waals surface area contributed by atoms with Crippen LogP contribution in [0.15, 0.2) is 90.5 Å². The van der Waals surface area contributed by atoms with Crippen molar-refractivity contribution in [3.63, 3.8) is 0 Å². The minimum atomic E-state index is -0.673. The summed E-state index contributed by atoms with van der Waals surface area (Å²) in [6.07, 6.45) is 2.63. The minimum absolute atomic E-state index is 0.115. The first kappa shape index (κ1) is 23.3. The summed E-state index contributed by atoms with van der Waals surface area (Å²) in [7, 11) is 0. The van der Waals surface area contributed by atoms with Crippen LogP contribution in [0.5, 0.6) is 5.75 Å². The Morgan fingerprint density at radius 1 is 0.912 bits per heavy atom. The topological polar surface area (TPSA) is 66.8 Å². The third kappa shape index (κ3) is 5.04. The maximum atomic E-state index is 13.1. The Morgan fingerprint density at radius 2 is 1.56 bits per heavy atom. The monoisotopic (exact) mass is 455 g/mol. The number of carbonyl (C=O) groups is 2. The molecule has 1 saturated heterocycles. The Kier molecular flexibility index (Phi) is 7.43. The van der Waals surface area contributed by atoms with E-state index in [1.807, 2.05) is 60.7 Å². The van der Waals surface area contributed by atoms with Gasteiger partial charge in [0.25, 0.3) is 11.7 Å². The van der Waals surface area contributed by atoms with Crippen LogP contribution in [0.2, 0.25) is 0 Å². The minimum Gasteiger partial charge on any atom is -0.507 e. The number of Topliss-reactive ketones (excluding diaryl/α,β-unsaturated/α-hetero) is 1. The molecular weight excluding hydrogens is 426 g/mol. The highest BCUT2D eigenvalue weighted by molar-refractivity contribution is 6.46. The van der Waals surface area contributed by atoms with E-state index < -0.39 is 17.7 Å². The van der Waals surface area contributed by atoms with E-state index in [1.54, 1.807) is 29.2 Å². The predicted octanol–water partition coefficient (Wildman–Crippen LogP) is 5.53. The maximum absolute atomic E-state index is 13.1. The van der Waals surface area contributed by atoms with Crippen molar-refractivity contribution >= 4 is 17.4 Å². The third-order valence-corrected chi connectivity index (χ3v) is 6.03. The van der Waals surface area contributed by atoms with Crippen molar-refractivity contribution in [3.05, 3.63) is 107 Å². The van der Waals surface area contributed by atoms with E-state index in [9.17, 15) is 14.7 Å². The Morgan fingerprint density at radius 3 is 2.21 bits per heavy atom. The number of nitrogens with zero attached hydrogens (tertiary/aromatic N) is 1. The molecule has 0 aromatic heterocycles. The summed E-state index contributed by atoms with van der Waals surface area (Å²) in [5, 5.41) is 11.1. The maximum Gasteiger partial charge on any atom is 0.295 e. The first-order valence-electron chi connectivity index (χ1n) is 11.7. The number of unbranched alkanes of at least 4 members (excludes halogenated alkanes) is 1. The quantitative estimate of drug-likeness (QED) is 0.199. The number of benzene rings is 3. The molecule has 3 aromatic rings. The van der Waals surface area contributed by atoms with Gasteiger partial charge in [-0.05, 0) is 36.1 Å². The second kappa shape index (κ2) is 10.8. The van der Waals surface area contributed by atoms with Gasteiger partial charge in [0.1, 0.15) is 11.5 Å². The molecule has 1 N–H and O–H groups in total. The van der Waals surface area contributed by atoms with Gasteiger partial charge in [-0.1, -0.05) is 86.1 Å². The van der Waals surface area contributed by atoms with Crippen LogP contribution in [0.3, 0.4) is 0 Å². The first-order chi connectivity index (χ1) is 16.6. The number of likely N-dealkylation sites (tertiary alicyclic amines) is 1. The molecule has 4 rings (SSSR count). The van der Waals surface area contributed by atoms with E-state index in [0.29, 0.717) is 25.1 Å². The second-order valence-corrected chi connectivity index (χ2v) is 8.37. The van der Waals surface area contributed by atoms with Crippen molar-refractivity contribution < 1.29 is 19.4 Å². The molecule has 1 atom stereocenters. The van der Waals surface area contributed by atoms with Crippen LogP contribution < -0.4 is 4.74 Å². The average molecular weight is 456 g/mol.